The summed E-state index contributed by atoms with van der Waals surface area (Å²) in [7, 11) is 0. The second kappa shape index (κ2) is 4.79. The number of nitrogens with zero attached hydrogens (tertiary/aromatic N) is 1. The number of rotatable bonds is 4. The molecule has 0 bridgehead atoms. The van der Waals surface area contributed by atoms with E-state index in [0.29, 0.717) is 17.5 Å². The smallest absolute Gasteiger partial charge is 0.332 e. The predicted molar refractivity (Wildman–Crippen MR) is 60.8 cm³/mol. The van der Waals surface area contributed by atoms with E-state index < -0.39 is 5.97 Å². The van der Waals surface area contributed by atoms with Crippen molar-refractivity contribution in [3.05, 3.63) is 12.2 Å². The number of carbonyl (C=O) groups is 1. The molecule has 0 aromatic heterocycles. The Kier molecular flexibility index (Phi) is 3.91. The molecule has 0 atom stereocenters. The van der Waals surface area contributed by atoms with Crippen LogP contribution in [0.3, 0.4) is 0 Å². The average Bonchev–Trinajstić information content (AvgIpc) is 2.21. The van der Waals surface area contributed by atoms with Crippen molar-refractivity contribution in [1.82, 2.24) is 4.90 Å². The minimum atomic E-state index is -0.876. The molecule has 3 nitrogen and oxygen atoms in total. The van der Waals surface area contributed by atoms with Gasteiger partial charge in [0.05, 0.1) is 0 Å². The molecule has 1 rings (SSSR count). The number of likely N-dealkylation sites (tertiary alicyclic amines) is 1. The lowest BCUT2D eigenvalue weighted by molar-refractivity contribution is -0.132. The zero-order valence-corrected chi connectivity index (χ0v) is 9.75. The fraction of sp³-hybridized carbons (Fsp3) is 0.750. The Morgan fingerprint density at radius 1 is 1.47 bits per heavy atom. The highest BCUT2D eigenvalue weighted by Crippen LogP contribution is 2.33. The minimum Gasteiger partial charge on any atom is -0.478 e. The van der Waals surface area contributed by atoms with Crippen LogP contribution < -0.4 is 0 Å². The summed E-state index contributed by atoms with van der Waals surface area (Å²) in [6, 6.07) is 0. The van der Waals surface area contributed by atoms with Crippen molar-refractivity contribution in [3.63, 3.8) is 0 Å². The van der Waals surface area contributed by atoms with Crippen molar-refractivity contribution in [2.24, 2.45) is 5.41 Å². The largest absolute Gasteiger partial charge is 0.478 e. The van der Waals surface area contributed by atoms with Crippen LogP contribution in [-0.2, 0) is 4.79 Å². The first-order valence-corrected chi connectivity index (χ1v) is 5.60. The molecule has 0 aromatic carbocycles. The monoisotopic (exact) mass is 211 g/mol. The molecule has 0 radical (unpaired) electrons. The molecule has 1 aliphatic heterocycles. The number of piperidine rings is 1. The second-order valence-electron chi connectivity index (χ2n) is 4.85. The molecule has 0 aliphatic carbocycles. The lowest BCUT2D eigenvalue weighted by Crippen LogP contribution is -2.39. The van der Waals surface area contributed by atoms with Crippen LogP contribution >= 0.6 is 0 Å². The summed E-state index contributed by atoms with van der Waals surface area (Å²) in [5.41, 5.74) is 0.760. The van der Waals surface area contributed by atoms with Crippen LogP contribution in [-0.4, -0.2) is 35.6 Å². The van der Waals surface area contributed by atoms with Crippen molar-refractivity contribution >= 4 is 5.97 Å². The molecule has 1 fully saturated rings. The number of carboxylic acids is 1. The van der Waals surface area contributed by atoms with Crippen molar-refractivity contribution in [3.8, 4) is 0 Å². The van der Waals surface area contributed by atoms with Gasteiger partial charge in [-0.15, -0.1) is 0 Å². The molecule has 86 valence electrons. The third kappa shape index (κ3) is 3.34. The van der Waals surface area contributed by atoms with E-state index in [2.05, 4.69) is 25.3 Å². The first-order chi connectivity index (χ1) is 6.97. The molecule has 15 heavy (non-hydrogen) atoms. The highest BCUT2D eigenvalue weighted by atomic mass is 16.4. The summed E-state index contributed by atoms with van der Waals surface area (Å²) in [6.45, 7) is 10.6. The minimum absolute atomic E-state index is 0.301. The number of aliphatic carboxylic acids is 1. The normalized spacial score (nSPS) is 21.2. The lowest BCUT2D eigenvalue weighted by atomic mass is 9.78. The highest BCUT2D eigenvalue weighted by Gasteiger charge is 2.28. The van der Waals surface area contributed by atoms with Gasteiger partial charge in [0, 0.05) is 12.1 Å². The van der Waals surface area contributed by atoms with E-state index in [9.17, 15) is 4.79 Å². The standard InChI is InChI=1S/C12H21NO2/c1-4-12(3)5-7-13(8-6-12)9-10(2)11(14)15/h2,4-9H2,1,3H3,(H,14,15). The summed E-state index contributed by atoms with van der Waals surface area (Å²) < 4.78 is 0. The molecule has 0 spiro atoms. The Balaban J connectivity index is 2.38. The van der Waals surface area contributed by atoms with Crippen LogP contribution in [0.1, 0.15) is 33.1 Å². The van der Waals surface area contributed by atoms with Crippen LogP contribution in [0.25, 0.3) is 0 Å². The molecule has 1 saturated heterocycles. The molecule has 3 heteroatoms. The van der Waals surface area contributed by atoms with Gasteiger partial charge in [-0.25, -0.2) is 4.79 Å². The molecule has 1 N–H and O–H groups in total. The number of hydrogen-bond acceptors (Lipinski definition) is 2. The van der Waals surface area contributed by atoms with Crippen molar-refractivity contribution in [1.29, 1.82) is 0 Å². The Morgan fingerprint density at radius 3 is 2.40 bits per heavy atom. The van der Waals surface area contributed by atoms with E-state index in [-0.39, 0.29) is 0 Å². The van der Waals surface area contributed by atoms with E-state index in [1.54, 1.807) is 0 Å². The summed E-state index contributed by atoms with van der Waals surface area (Å²) in [6.07, 6.45) is 3.54. The van der Waals surface area contributed by atoms with Gasteiger partial charge in [0.15, 0.2) is 0 Å². The zero-order chi connectivity index (χ0) is 11.5. The highest BCUT2D eigenvalue weighted by molar-refractivity contribution is 5.86. The number of hydrogen-bond donors (Lipinski definition) is 1. The van der Waals surface area contributed by atoms with E-state index >= 15 is 0 Å². The molecule has 0 aromatic rings. The van der Waals surface area contributed by atoms with Crippen molar-refractivity contribution in [2.75, 3.05) is 19.6 Å². The Bertz CT molecular complexity index is 252. The quantitative estimate of drug-likeness (QED) is 0.724. The van der Waals surface area contributed by atoms with E-state index in [1.165, 1.54) is 6.42 Å². The third-order valence-corrected chi connectivity index (χ3v) is 3.63. The van der Waals surface area contributed by atoms with E-state index in [0.717, 1.165) is 25.9 Å². The van der Waals surface area contributed by atoms with E-state index in [1.807, 2.05) is 0 Å². The van der Waals surface area contributed by atoms with Gasteiger partial charge in [-0.3, -0.25) is 4.90 Å². The van der Waals surface area contributed by atoms with Crippen molar-refractivity contribution < 1.29 is 9.90 Å². The van der Waals surface area contributed by atoms with Crippen LogP contribution in [0.15, 0.2) is 12.2 Å². The summed E-state index contributed by atoms with van der Waals surface area (Å²) in [4.78, 5) is 12.8. The topological polar surface area (TPSA) is 40.5 Å². The Morgan fingerprint density at radius 2 is 2.00 bits per heavy atom. The van der Waals surface area contributed by atoms with Crippen LogP contribution in [0.5, 0.6) is 0 Å². The van der Waals surface area contributed by atoms with Crippen molar-refractivity contribution in [2.45, 2.75) is 33.1 Å². The fourth-order valence-electron chi connectivity index (χ4n) is 1.94. The summed E-state index contributed by atoms with van der Waals surface area (Å²) >= 11 is 0. The van der Waals surface area contributed by atoms with Crippen LogP contribution in [0.2, 0.25) is 0 Å². The average molecular weight is 211 g/mol. The van der Waals surface area contributed by atoms with Crippen LogP contribution in [0.4, 0.5) is 0 Å². The summed E-state index contributed by atoms with van der Waals surface area (Å²) in [5.74, 6) is -0.876. The maximum atomic E-state index is 10.6. The molecule has 0 amide bonds. The SMILES string of the molecule is C=C(CN1CCC(C)(CC)CC1)C(=O)O. The van der Waals surface area contributed by atoms with Gasteiger partial charge < -0.3 is 5.11 Å². The molecular formula is C12H21NO2. The maximum Gasteiger partial charge on any atom is 0.332 e. The lowest BCUT2D eigenvalue weighted by Gasteiger charge is -2.38. The molecule has 1 aliphatic rings. The first-order valence-electron chi connectivity index (χ1n) is 5.60. The molecule has 0 unspecified atom stereocenters. The van der Waals surface area contributed by atoms with Gasteiger partial charge in [-0.05, 0) is 31.3 Å². The molecule has 0 saturated carbocycles. The fourth-order valence-corrected chi connectivity index (χ4v) is 1.94. The second-order valence-corrected chi connectivity index (χ2v) is 4.85. The Hall–Kier alpha value is -0.830. The van der Waals surface area contributed by atoms with Gasteiger partial charge in [0.2, 0.25) is 0 Å². The van der Waals surface area contributed by atoms with Gasteiger partial charge in [0.1, 0.15) is 0 Å². The summed E-state index contributed by atoms with van der Waals surface area (Å²) in [5, 5.41) is 8.74. The third-order valence-electron chi connectivity index (χ3n) is 3.63. The van der Waals surface area contributed by atoms with Gasteiger partial charge in [-0.2, -0.15) is 0 Å². The van der Waals surface area contributed by atoms with Gasteiger partial charge in [-0.1, -0.05) is 26.8 Å². The zero-order valence-electron chi connectivity index (χ0n) is 9.75. The number of carboxylic acid groups (broad SMARTS) is 1. The van der Waals surface area contributed by atoms with Gasteiger partial charge in [0.25, 0.3) is 0 Å². The predicted octanol–water partition coefficient (Wildman–Crippen LogP) is 2.14. The first kappa shape index (κ1) is 12.2. The van der Waals surface area contributed by atoms with Crippen LogP contribution in [0, 0.1) is 5.41 Å². The molecular weight excluding hydrogens is 190 g/mol. The molecule has 1 heterocycles. The van der Waals surface area contributed by atoms with Gasteiger partial charge >= 0.3 is 5.97 Å². The Labute approximate surface area is 91.8 Å². The maximum absolute atomic E-state index is 10.6. The van der Waals surface area contributed by atoms with E-state index in [4.69, 9.17) is 5.11 Å².